The fraction of sp³-hybridized carbons (Fsp3) is 0.381. The maximum absolute atomic E-state index is 13.4. The number of carbonyl (C=O) groups excluding carboxylic acids is 1. The van der Waals surface area contributed by atoms with Crippen molar-refractivity contribution in [3.63, 3.8) is 0 Å². The third-order valence-electron chi connectivity index (χ3n) is 5.43. The molecule has 1 amide bonds. The first-order valence-corrected chi connectivity index (χ1v) is 9.02. The standard InChI is InChI=1S/C21H23FN2O/c22-19-7-3-4-16(12-19)15-24-11-10-23(9-8-21(24)25)20-13-17-5-1-2-6-18(17)14-20/h1-7,12,20H,8-11,13-15H2. The van der Waals surface area contributed by atoms with Crippen molar-refractivity contribution in [1.29, 1.82) is 0 Å². The van der Waals surface area contributed by atoms with Gasteiger partial charge in [-0.05, 0) is 41.7 Å². The quantitative estimate of drug-likeness (QED) is 0.859. The van der Waals surface area contributed by atoms with Crippen LogP contribution in [0.2, 0.25) is 0 Å². The molecule has 0 aromatic heterocycles. The summed E-state index contributed by atoms with van der Waals surface area (Å²) in [6, 6.07) is 15.7. The highest BCUT2D eigenvalue weighted by Crippen LogP contribution is 2.26. The van der Waals surface area contributed by atoms with Crippen molar-refractivity contribution in [1.82, 2.24) is 9.80 Å². The molecule has 0 spiro atoms. The van der Waals surface area contributed by atoms with Crippen LogP contribution in [0.3, 0.4) is 0 Å². The van der Waals surface area contributed by atoms with E-state index >= 15 is 0 Å². The first-order valence-electron chi connectivity index (χ1n) is 9.02. The molecule has 0 N–H and O–H groups in total. The monoisotopic (exact) mass is 338 g/mol. The van der Waals surface area contributed by atoms with Crippen molar-refractivity contribution in [3.8, 4) is 0 Å². The molecule has 130 valence electrons. The smallest absolute Gasteiger partial charge is 0.224 e. The Balaban J connectivity index is 1.40. The lowest BCUT2D eigenvalue weighted by atomic mass is 10.1. The van der Waals surface area contributed by atoms with Crippen LogP contribution in [-0.4, -0.2) is 41.4 Å². The third-order valence-corrected chi connectivity index (χ3v) is 5.43. The number of hydrogen-bond acceptors (Lipinski definition) is 2. The lowest BCUT2D eigenvalue weighted by Gasteiger charge is -2.27. The molecule has 0 atom stereocenters. The summed E-state index contributed by atoms with van der Waals surface area (Å²) < 4.78 is 13.4. The van der Waals surface area contributed by atoms with Gasteiger partial charge < -0.3 is 4.90 Å². The summed E-state index contributed by atoms with van der Waals surface area (Å²) in [6.45, 7) is 2.91. The molecule has 1 saturated heterocycles. The Labute approximate surface area is 148 Å². The minimum atomic E-state index is -0.245. The van der Waals surface area contributed by atoms with E-state index in [9.17, 15) is 9.18 Å². The van der Waals surface area contributed by atoms with Gasteiger partial charge in [-0.3, -0.25) is 9.69 Å². The number of amides is 1. The molecule has 0 radical (unpaired) electrons. The van der Waals surface area contributed by atoms with Crippen LogP contribution in [-0.2, 0) is 24.2 Å². The molecule has 2 aromatic rings. The molecule has 4 heteroatoms. The third kappa shape index (κ3) is 3.59. The van der Waals surface area contributed by atoms with Crippen LogP contribution in [0.1, 0.15) is 23.1 Å². The number of carbonyl (C=O) groups is 1. The molecule has 0 unspecified atom stereocenters. The first kappa shape index (κ1) is 16.3. The number of halogens is 1. The van der Waals surface area contributed by atoms with Crippen molar-refractivity contribution in [2.24, 2.45) is 0 Å². The fourth-order valence-electron chi connectivity index (χ4n) is 4.06. The van der Waals surface area contributed by atoms with E-state index in [0.29, 0.717) is 25.6 Å². The van der Waals surface area contributed by atoms with Gasteiger partial charge in [0.05, 0.1) is 0 Å². The van der Waals surface area contributed by atoms with Crippen LogP contribution in [0.15, 0.2) is 48.5 Å². The molecule has 25 heavy (non-hydrogen) atoms. The van der Waals surface area contributed by atoms with Crippen LogP contribution in [0.5, 0.6) is 0 Å². The minimum Gasteiger partial charge on any atom is -0.337 e. The average Bonchev–Trinajstić information content (AvgIpc) is 2.96. The highest BCUT2D eigenvalue weighted by molar-refractivity contribution is 5.76. The summed E-state index contributed by atoms with van der Waals surface area (Å²) in [5, 5.41) is 0. The number of nitrogens with zero attached hydrogens (tertiary/aromatic N) is 2. The van der Waals surface area contributed by atoms with Crippen molar-refractivity contribution in [2.45, 2.75) is 31.8 Å². The Morgan fingerprint density at radius 3 is 2.44 bits per heavy atom. The van der Waals surface area contributed by atoms with Gasteiger partial charge in [-0.15, -0.1) is 0 Å². The van der Waals surface area contributed by atoms with Gasteiger partial charge in [0, 0.05) is 38.6 Å². The zero-order chi connectivity index (χ0) is 17.2. The maximum Gasteiger partial charge on any atom is 0.224 e. The second-order valence-corrected chi connectivity index (χ2v) is 7.06. The lowest BCUT2D eigenvalue weighted by molar-refractivity contribution is -0.130. The van der Waals surface area contributed by atoms with Crippen LogP contribution < -0.4 is 0 Å². The normalized spacial score (nSPS) is 19.1. The lowest BCUT2D eigenvalue weighted by Crippen LogP contribution is -2.39. The fourth-order valence-corrected chi connectivity index (χ4v) is 4.06. The number of fused-ring (bicyclic) bond motifs is 1. The van der Waals surface area contributed by atoms with E-state index in [2.05, 4.69) is 29.2 Å². The second-order valence-electron chi connectivity index (χ2n) is 7.06. The average molecular weight is 338 g/mol. The Kier molecular flexibility index (Phi) is 4.53. The predicted octanol–water partition coefficient (Wildman–Crippen LogP) is 3.03. The Bertz CT molecular complexity index is 751. The van der Waals surface area contributed by atoms with E-state index in [1.807, 2.05) is 11.0 Å². The summed E-state index contributed by atoms with van der Waals surface area (Å²) in [7, 11) is 0. The zero-order valence-corrected chi connectivity index (χ0v) is 14.3. The van der Waals surface area contributed by atoms with E-state index in [0.717, 1.165) is 31.5 Å². The molecule has 2 aliphatic rings. The topological polar surface area (TPSA) is 23.6 Å². The summed E-state index contributed by atoms with van der Waals surface area (Å²) in [5.74, 6) is -0.0765. The molecule has 1 fully saturated rings. The first-order chi connectivity index (χ1) is 12.2. The summed E-state index contributed by atoms with van der Waals surface area (Å²) >= 11 is 0. The van der Waals surface area contributed by atoms with Gasteiger partial charge in [0.25, 0.3) is 0 Å². The zero-order valence-electron chi connectivity index (χ0n) is 14.3. The van der Waals surface area contributed by atoms with Gasteiger partial charge in [-0.1, -0.05) is 36.4 Å². The van der Waals surface area contributed by atoms with Crippen LogP contribution in [0, 0.1) is 5.82 Å². The Hall–Kier alpha value is -2.20. The molecule has 4 rings (SSSR count). The predicted molar refractivity (Wildman–Crippen MR) is 95.6 cm³/mol. The van der Waals surface area contributed by atoms with Gasteiger partial charge in [0.15, 0.2) is 0 Å². The Morgan fingerprint density at radius 2 is 1.72 bits per heavy atom. The van der Waals surface area contributed by atoms with Crippen molar-refractivity contribution >= 4 is 5.91 Å². The van der Waals surface area contributed by atoms with Crippen molar-refractivity contribution in [2.75, 3.05) is 19.6 Å². The van der Waals surface area contributed by atoms with Crippen LogP contribution in [0.25, 0.3) is 0 Å². The van der Waals surface area contributed by atoms with Crippen LogP contribution in [0.4, 0.5) is 4.39 Å². The van der Waals surface area contributed by atoms with E-state index < -0.39 is 0 Å². The SMILES string of the molecule is O=C1CCN(C2Cc3ccccc3C2)CCN1Cc1cccc(F)c1. The minimum absolute atomic E-state index is 0.169. The maximum atomic E-state index is 13.4. The summed E-state index contributed by atoms with van der Waals surface area (Å²) in [6.07, 6.45) is 2.70. The molecule has 3 nitrogen and oxygen atoms in total. The van der Waals surface area contributed by atoms with Crippen molar-refractivity contribution in [3.05, 3.63) is 71.0 Å². The largest absolute Gasteiger partial charge is 0.337 e. The molecule has 1 aliphatic heterocycles. The van der Waals surface area contributed by atoms with Crippen LogP contribution >= 0.6 is 0 Å². The van der Waals surface area contributed by atoms with Gasteiger partial charge in [0.1, 0.15) is 5.82 Å². The highest BCUT2D eigenvalue weighted by Gasteiger charge is 2.29. The molecule has 1 heterocycles. The summed E-state index contributed by atoms with van der Waals surface area (Å²) in [4.78, 5) is 16.8. The molecular weight excluding hydrogens is 315 g/mol. The molecule has 1 aliphatic carbocycles. The molecule has 0 saturated carbocycles. The second kappa shape index (κ2) is 6.96. The van der Waals surface area contributed by atoms with Gasteiger partial charge in [-0.2, -0.15) is 0 Å². The number of rotatable bonds is 3. The molecule has 2 aromatic carbocycles. The molecular formula is C21H23FN2O. The number of benzene rings is 2. The van der Waals surface area contributed by atoms with E-state index in [-0.39, 0.29) is 11.7 Å². The van der Waals surface area contributed by atoms with Gasteiger partial charge in [0.2, 0.25) is 5.91 Å². The number of hydrogen-bond donors (Lipinski definition) is 0. The van der Waals surface area contributed by atoms with E-state index in [1.165, 1.54) is 23.3 Å². The summed E-state index contributed by atoms with van der Waals surface area (Å²) in [5.41, 5.74) is 3.74. The highest BCUT2D eigenvalue weighted by atomic mass is 19.1. The molecule has 0 bridgehead atoms. The van der Waals surface area contributed by atoms with E-state index in [1.54, 1.807) is 6.07 Å². The van der Waals surface area contributed by atoms with E-state index in [4.69, 9.17) is 0 Å². The Morgan fingerprint density at radius 1 is 0.960 bits per heavy atom. The van der Waals surface area contributed by atoms with Crippen molar-refractivity contribution < 1.29 is 9.18 Å². The van der Waals surface area contributed by atoms with Gasteiger partial charge >= 0.3 is 0 Å². The van der Waals surface area contributed by atoms with Gasteiger partial charge in [-0.25, -0.2) is 4.39 Å².